The summed E-state index contributed by atoms with van der Waals surface area (Å²) in [6, 6.07) is 0. The van der Waals surface area contributed by atoms with Gasteiger partial charge in [-0.15, -0.1) is 0 Å². The molecule has 0 amide bonds. The van der Waals surface area contributed by atoms with Crippen molar-refractivity contribution in [3.8, 4) is 0 Å². The van der Waals surface area contributed by atoms with Crippen LogP contribution in [0, 0.1) is 13.8 Å². The minimum atomic E-state index is -0.523. The molecule has 0 aliphatic carbocycles. The molecule has 0 unspecified atom stereocenters. The molecule has 218 valence electrons. The molecule has 38 heavy (non-hydrogen) atoms. The first-order valence-electron chi connectivity index (χ1n) is 12.8. The van der Waals surface area contributed by atoms with Gasteiger partial charge in [0, 0.05) is 18.8 Å². The minimum absolute atomic E-state index is 0. The van der Waals surface area contributed by atoms with Crippen LogP contribution in [-0.4, -0.2) is 62.9 Å². The second kappa shape index (κ2) is 13.6. The second-order valence-electron chi connectivity index (χ2n) is 11.6. The molecule has 2 saturated heterocycles. The van der Waals surface area contributed by atoms with E-state index in [1.165, 1.54) is 5.56 Å². The van der Waals surface area contributed by atoms with Gasteiger partial charge in [-0.05, 0) is 101 Å². The van der Waals surface area contributed by atoms with E-state index in [1.807, 2.05) is 72.5 Å². The summed E-state index contributed by atoms with van der Waals surface area (Å²) in [5.41, 5.74) is 2.13. The van der Waals surface area contributed by atoms with Crippen LogP contribution in [0.25, 0.3) is 0 Å². The van der Waals surface area contributed by atoms with Crippen molar-refractivity contribution in [2.24, 2.45) is 0 Å². The summed E-state index contributed by atoms with van der Waals surface area (Å²) < 4.78 is 30.7. The van der Waals surface area contributed by atoms with E-state index in [-0.39, 0.29) is 50.5 Å². The van der Waals surface area contributed by atoms with Crippen LogP contribution in [0.2, 0.25) is 0 Å². The Morgan fingerprint density at radius 2 is 1.34 bits per heavy atom. The van der Waals surface area contributed by atoms with Gasteiger partial charge in [-0.25, -0.2) is 0 Å². The SMILES string of the molecule is C.C.CC(C)OB1OC(C)(C)C(C)(C)O1.CCn1ncc(C)c1B1OC(C)(C)C(C)(C)O1.Cc1cn[nH]c1. The Morgan fingerprint density at radius 1 is 0.868 bits per heavy atom. The Kier molecular flexibility index (Phi) is 13.0. The fraction of sp³-hybridized carbons (Fsp3) is 0.778. The van der Waals surface area contributed by atoms with Crippen molar-refractivity contribution < 1.29 is 23.3 Å². The molecule has 0 aromatic carbocycles. The van der Waals surface area contributed by atoms with Gasteiger partial charge in [0.2, 0.25) is 0 Å². The van der Waals surface area contributed by atoms with E-state index in [0.717, 1.165) is 17.7 Å². The lowest BCUT2D eigenvalue weighted by Crippen LogP contribution is -2.41. The first kappa shape index (κ1) is 36.3. The molecule has 0 spiro atoms. The summed E-state index contributed by atoms with van der Waals surface area (Å²) in [5, 5.41) is 10.7. The van der Waals surface area contributed by atoms with Gasteiger partial charge >= 0.3 is 14.4 Å². The van der Waals surface area contributed by atoms with Crippen molar-refractivity contribution in [2.75, 3.05) is 0 Å². The summed E-state index contributed by atoms with van der Waals surface area (Å²) in [5.74, 6) is 0. The zero-order valence-corrected chi connectivity index (χ0v) is 24.6. The lowest BCUT2D eigenvalue weighted by molar-refractivity contribution is 0.00578. The topological polar surface area (TPSA) is 92.7 Å². The van der Waals surface area contributed by atoms with Gasteiger partial charge in [0.15, 0.2) is 0 Å². The number of aromatic nitrogens is 4. The third-order valence-electron chi connectivity index (χ3n) is 7.10. The van der Waals surface area contributed by atoms with Crippen LogP contribution in [-0.2, 0) is 29.8 Å². The van der Waals surface area contributed by atoms with Crippen LogP contribution in [0.1, 0.15) is 102 Å². The van der Waals surface area contributed by atoms with Crippen molar-refractivity contribution in [3.05, 3.63) is 29.7 Å². The second-order valence-corrected chi connectivity index (χ2v) is 11.6. The van der Waals surface area contributed by atoms with E-state index in [2.05, 4.69) is 49.9 Å². The van der Waals surface area contributed by atoms with E-state index in [9.17, 15) is 0 Å². The van der Waals surface area contributed by atoms with Crippen LogP contribution in [0.5, 0.6) is 0 Å². The highest BCUT2D eigenvalue weighted by Crippen LogP contribution is 2.37. The summed E-state index contributed by atoms with van der Waals surface area (Å²) in [4.78, 5) is 0. The average Bonchev–Trinajstić information content (AvgIpc) is 3.42. The summed E-state index contributed by atoms with van der Waals surface area (Å²) in [6.07, 6.45) is 5.61. The highest BCUT2D eigenvalue weighted by atomic mass is 16.8. The molecule has 0 atom stereocenters. The molecule has 2 aliphatic rings. The zero-order chi connectivity index (χ0) is 27.5. The molecule has 9 nitrogen and oxygen atoms in total. The molecule has 0 radical (unpaired) electrons. The molecule has 2 aromatic rings. The maximum Gasteiger partial charge on any atom is 0.640 e. The predicted octanol–water partition coefficient (Wildman–Crippen LogP) is 5.50. The number of aromatic amines is 1. The molecule has 4 rings (SSSR count). The van der Waals surface area contributed by atoms with Crippen molar-refractivity contribution in [1.82, 2.24) is 20.0 Å². The maximum absolute atomic E-state index is 6.05. The molecule has 2 fully saturated rings. The summed E-state index contributed by atoms with van der Waals surface area (Å²) in [7, 11) is -0.840. The van der Waals surface area contributed by atoms with E-state index in [4.69, 9.17) is 23.3 Å². The fourth-order valence-electron chi connectivity index (χ4n) is 3.38. The van der Waals surface area contributed by atoms with Crippen LogP contribution < -0.4 is 5.59 Å². The molecule has 1 N–H and O–H groups in total. The van der Waals surface area contributed by atoms with E-state index in [1.54, 1.807) is 6.20 Å². The average molecular weight is 536 g/mol. The van der Waals surface area contributed by atoms with Crippen molar-refractivity contribution in [3.63, 3.8) is 0 Å². The van der Waals surface area contributed by atoms with Gasteiger partial charge in [-0.3, -0.25) is 9.78 Å². The number of nitrogens with zero attached hydrogens (tertiary/aromatic N) is 3. The smallest absolute Gasteiger partial charge is 0.398 e. The largest absolute Gasteiger partial charge is 0.640 e. The van der Waals surface area contributed by atoms with Crippen LogP contribution in [0.15, 0.2) is 18.6 Å². The lowest BCUT2D eigenvalue weighted by atomic mass is 9.82. The van der Waals surface area contributed by atoms with Gasteiger partial charge in [0.25, 0.3) is 0 Å². The lowest BCUT2D eigenvalue weighted by Gasteiger charge is -2.32. The monoisotopic (exact) mass is 536 g/mol. The van der Waals surface area contributed by atoms with Gasteiger partial charge in [0.05, 0.1) is 40.4 Å². The van der Waals surface area contributed by atoms with Gasteiger partial charge < -0.3 is 23.3 Å². The Labute approximate surface area is 233 Å². The zero-order valence-electron chi connectivity index (χ0n) is 24.6. The van der Waals surface area contributed by atoms with Crippen LogP contribution >= 0.6 is 0 Å². The Balaban J connectivity index is 0.000000579. The number of hydrogen-bond acceptors (Lipinski definition) is 7. The predicted molar refractivity (Wildman–Crippen MR) is 157 cm³/mol. The van der Waals surface area contributed by atoms with E-state index in [0.29, 0.717) is 0 Å². The molecule has 4 heterocycles. The Bertz CT molecular complexity index is 927. The van der Waals surface area contributed by atoms with Crippen LogP contribution in [0.4, 0.5) is 0 Å². The molecular weight excluding hydrogens is 482 g/mol. The normalized spacial score (nSPS) is 20.1. The third-order valence-corrected chi connectivity index (χ3v) is 7.10. The molecule has 11 heteroatoms. The molecule has 2 aromatic heterocycles. The molecule has 0 bridgehead atoms. The van der Waals surface area contributed by atoms with Crippen LogP contribution in [0.3, 0.4) is 0 Å². The highest BCUT2D eigenvalue weighted by molar-refractivity contribution is 6.61. The first-order valence-corrected chi connectivity index (χ1v) is 12.8. The first-order chi connectivity index (χ1) is 16.4. The molecular formula is C27H54B2N4O5. The minimum Gasteiger partial charge on any atom is -0.398 e. The maximum atomic E-state index is 6.05. The Morgan fingerprint density at radius 3 is 1.68 bits per heavy atom. The quantitative estimate of drug-likeness (QED) is 0.516. The van der Waals surface area contributed by atoms with E-state index >= 15 is 0 Å². The van der Waals surface area contributed by atoms with Crippen molar-refractivity contribution in [2.45, 2.75) is 140 Å². The third kappa shape index (κ3) is 8.68. The van der Waals surface area contributed by atoms with Gasteiger partial charge in [-0.2, -0.15) is 10.2 Å². The number of H-pyrrole nitrogens is 1. The number of rotatable bonds is 4. The number of nitrogens with one attached hydrogen (secondary N) is 1. The number of hydrogen-bond donors (Lipinski definition) is 1. The standard InChI is InChI=1S/C12H21BN2O2.C9H19BO3.C4H6N2.2CH4/c1-7-15-10(9(2)8-14-15)13-16-11(3,4)12(5,6)17-13;1-7(2)11-10-12-8(3,4)9(5,6)13-10;1-4-2-5-6-3-4;;/h8H,7H2,1-6H3;7H,1-6H3;2-3H,1H3,(H,5,6);2*1H4. The summed E-state index contributed by atoms with van der Waals surface area (Å²) >= 11 is 0. The summed E-state index contributed by atoms with van der Waals surface area (Å²) in [6.45, 7) is 27.2. The van der Waals surface area contributed by atoms with Gasteiger partial charge in [0.1, 0.15) is 0 Å². The van der Waals surface area contributed by atoms with Crippen molar-refractivity contribution >= 4 is 20.0 Å². The Hall–Kier alpha value is -1.65. The highest BCUT2D eigenvalue weighted by Gasteiger charge is 2.54. The molecule has 0 saturated carbocycles. The van der Waals surface area contributed by atoms with Crippen molar-refractivity contribution in [1.29, 1.82) is 0 Å². The number of aryl methyl sites for hydroxylation is 3. The van der Waals surface area contributed by atoms with Gasteiger partial charge in [-0.1, -0.05) is 14.9 Å². The van der Waals surface area contributed by atoms with E-state index < -0.39 is 7.32 Å². The fourth-order valence-corrected chi connectivity index (χ4v) is 3.38. The molecule has 2 aliphatic heterocycles.